The molecule has 0 aliphatic carbocycles. The van der Waals surface area contributed by atoms with Crippen molar-refractivity contribution in [3.63, 3.8) is 0 Å². The number of ether oxygens (including phenoxy) is 1. The van der Waals surface area contributed by atoms with Crippen molar-refractivity contribution in [3.05, 3.63) is 12.4 Å². The van der Waals surface area contributed by atoms with Gasteiger partial charge in [-0.05, 0) is 6.42 Å². The second-order valence-corrected chi connectivity index (χ2v) is 3.61. The SMILES string of the molecule is CCCNc1cncc(NCCOCC(F)F)n1. The summed E-state index contributed by atoms with van der Waals surface area (Å²) in [4.78, 5) is 8.27. The van der Waals surface area contributed by atoms with Crippen LogP contribution in [0.3, 0.4) is 0 Å². The van der Waals surface area contributed by atoms with Crippen LogP contribution in [0.25, 0.3) is 0 Å². The molecule has 5 nitrogen and oxygen atoms in total. The maximum atomic E-state index is 11.8. The van der Waals surface area contributed by atoms with Gasteiger partial charge >= 0.3 is 0 Å². The van der Waals surface area contributed by atoms with Crippen molar-refractivity contribution in [3.8, 4) is 0 Å². The van der Waals surface area contributed by atoms with Crippen LogP contribution in [0.4, 0.5) is 20.4 Å². The predicted molar refractivity (Wildman–Crippen MR) is 66.1 cm³/mol. The molecule has 0 atom stereocenters. The van der Waals surface area contributed by atoms with Crippen LogP contribution in [0.15, 0.2) is 12.4 Å². The molecular formula is C11H18F2N4O. The van der Waals surface area contributed by atoms with Gasteiger partial charge in [0.2, 0.25) is 0 Å². The zero-order valence-corrected chi connectivity index (χ0v) is 10.3. The first-order valence-electron chi connectivity index (χ1n) is 5.88. The van der Waals surface area contributed by atoms with Crippen molar-refractivity contribution >= 4 is 11.6 Å². The Labute approximate surface area is 105 Å². The van der Waals surface area contributed by atoms with E-state index >= 15 is 0 Å². The van der Waals surface area contributed by atoms with Crippen LogP contribution in [-0.2, 0) is 4.74 Å². The number of nitrogens with zero attached hydrogens (tertiary/aromatic N) is 2. The molecule has 0 bridgehead atoms. The summed E-state index contributed by atoms with van der Waals surface area (Å²) < 4.78 is 28.3. The van der Waals surface area contributed by atoms with Gasteiger partial charge in [0.15, 0.2) is 0 Å². The van der Waals surface area contributed by atoms with Crippen molar-refractivity contribution in [2.24, 2.45) is 0 Å². The lowest BCUT2D eigenvalue weighted by atomic mass is 10.5. The van der Waals surface area contributed by atoms with Crippen molar-refractivity contribution in [2.75, 3.05) is 36.9 Å². The summed E-state index contributed by atoms with van der Waals surface area (Å²) in [5.74, 6) is 1.28. The highest BCUT2D eigenvalue weighted by molar-refractivity contribution is 5.41. The minimum atomic E-state index is -2.42. The molecule has 18 heavy (non-hydrogen) atoms. The third-order valence-electron chi connectivity index (χ3n) is 1.99. The lowest BCUT2D eigenvalue weighted by Crippen LogP contribution is -2.14. The largest absolute Gasteiger partial charge is 0.374 e. The minimum Gasteiger partial charge on any atom is -0.374 e. The van der Waals surface area contributed by atoms with E-state index in [-0.39, 0.29) is 6.61 Å². The first-order chi connectivity index (χ1) is 8.72. The van der Waals surface area contributed by atoms with E-state index in [1.54, 1.807) is 12.4 Å². The van der Waals surface area contributed by atoms with Crippen LogP contribution in [-0.4, -0.2) is 42.7 Å². The lowest BCUT2D eigenvalue weighted by Gasteiger charge is -2.08. The number of hydrogen-bond donors (Lipinski definition) is 2. The zero-order chi connectivity index (χ0) is 13.2. The van der Waals surface area contributed by atoms with Gasteiger partial charge in [0, 0.05) is 13.1 Å². The first-order valence-corrected chi connectivity index (χ1v) is 5.88. The maximum Gasteiger partial charge on any atom is 0.261 e. The van der Waals surface area contributed by atoms with Gasteiger partial charge in [-0.15, -0.1) is 0 Å². The molecule has 0 spiro atoms. The molecule has 1 heterocycles. The first kappa shape index (κ1) is 14.6. The van der Waals surface area contributed by atoms with Gasteiger partial charge in [-0.1, -0.05) is 6.92 Å². The molecule has 7 heteroatoms. The standard InChI is InChI=1S/C11H18F2N4O/c1-2-3-15-10-6-14-7-11(17-10)16-4-5-18-8-9(12)13/h6-7,9H,2-5,8H2,1H3,(H2,15,16,17). The van der Waals surface area contributed by atoms with E-state index < -0.39 is 13.0 Å². The summed E-state index contributed by atoms with van der Waals surface area (Å²) in [6, 6.07) is 0. The van der Waals surface area contributed by atoms with E-state index in [4.69, 9.17) is 4.74 Å². The van der Waals surface area contributed by atoms with Crippen LogP contribution < -0.4 is 10.6 Å². The lowest BCUT2D eigenvalue weighted by molar-refractivity contribution is 0.0215. The van der Waals surface area contributed by atoms with E-state index in [2.05, 4.69) is 27.5 Å². The molecule has 1 aromatic heterocycles. The molecule has 1 rings (SSSR count). The molecule has 2 N–H and O–H groups in total. The number of anilines is 2. The Hall–Kier alpha value is -1.50. The number of aromatic nitrogens is 2. The summed E-state index contributed by atoms with van der Waals surface area (Å²) in [7, 11) is 0. The highest BCUT2D eigenvalue weighted by Gasteiger charge is 2.01. The van der Waals surface area contributed by atoms with Gasteiger partial charge in [-0.25, -0.2) is 13.8 Å². The molecule has 0 saturated carbocycles. The number of halogens is 2. The van der Waals surface area contributed by atoms with Gasteiger partial charge < -0.3 is 15.4 Å². The van der Waals surface area contributed by atoms with E-state index in [1.165, 1.54) is 0 Å². The topological polar surface area (TPSA) is 59.1 Å². The summed E-state index contributed by atoms with van der Waals surface area (Å²) >= 11 is 0. The smallest absolute Gasteiger partial charge is 0.261 e. The van der Waals surface area contributed by atoms with Crippen molar-refractivity contribution < 1.29 is 13.5 Å². The molecule has 0 saturated heterocycles. The number of hydrogen-bond acceptors (Lipinski definition) is 5. The van der Waals surface area contributed by atoms with E-state index in [9.17, 15) is 8.78 Å². The zero-order valence-electron chi connectivity index (χ0n) is 10.3. The average Bonchev–Trinajstić information content (AvgIpc) is 2.36. The number of alkyl halides is 2. The Morgan fingerprint density at radius 2 is 1.89 bits per heavy atom. The van der Waals surface area contributed by atoms with Crippen molar-refractivity contribution in [2.45, 2.75) is 19.8 Å². The van der Waals surface area contributed by atoms with Gasteiger partial charge in [0.05, 0.1) is 19.0 Å². The molecule has 0 fully saturated rings. The van der Waals surface area contributed by atoms with Gasteiger partial charge in [0.1, 0.15) is 18.2 Å². The van der Waals surface area contributed by atoms with Crippen molar-refractivity contribution in [1.82, 2.24) is 9.97 Å². The molecular weight excluding hydrogens is 242 g/mol. The van der Waals surface area contributed by atoms with E-state index in [0.29, 0.717) is 18.2 Å². The second-order valence-electron chi connectivity index (χ2n) is 3.61. The fraction of sp³-hybridized carbons (Fsp3) is 0.636. The van der Waals surface area contributed by atoms with Crippen LogP contribution in [0, 0.1) is 0 Å². The normalized spacial score (nSPS) is 10.7. The minimum absolute atomic E-state index is 0.207. The summed E-state index contributed by atoms with van der Waals surface area (Å²) in [5.41, 5.74) is 0. The molecule has 102 valence electrons. The third kappa shape index (κ3) is 6.29. The Kier molecular flexibility index (Phi) is 6.93. The van der Waals surface area contributed by atoms with Gasteiger partial charge in [0.25, 0.3) is 6.43 Å². The van der Waals surface area contributed by atoms with Crippen LogP contribution >= 0.6 is 0 Å². The van der Waals surface area contributed by atoms with E-state index in [1.807, 2.05) is 0 Å². The molecule has 0 radical (unpaired) electrons. The van der Waals surface area contributed by atoms with Gasteiger partial charge in [-0.3, -0.25) is 4.98 Å². The van der Waals surface area contributed by atoms with E-state index in [0.717, 1.165) is 13.0 Å². The quantitative estimate of drug-likeness (QED) is 0.665. The predicted octanol–water partition coefficient (Wildman–Crippen LogP) is 1.99. The number of nitrogens with one attached hydrogen (secondary N) is 2. The highest BCUT2D eigenvalue weighted by atomic mass is 19.3. The maximum absolute atomic E-state index is 11.8. The Morgan fingerprint density at radius 1 is 1.22 bits per heavy atom. The Balaban J connectivity index is 2.24. The van der Waals surface area contributed by atoms with Crippen LogP contribution in [0.5, 0.6) is 0 Å². The Morgan fingerprint density at radius 3 is 2.50 bits per heavy atom. The number of rotatable bonds is 9. The summed E-state index contributed by atoms with van der Waals surface area (Å²) in [6.45, 7) is 2.97. The summed E-state index contributed by atoms with van der Waals surface area (Å²) in [6.07, 6.45) is 1.78. The third-order valence-corrected chi connectivity index (χ3v) is 1.99. The molecule has 1 aromatic rings. The fourth-order valence-electron chi connectivity index (χ4n) is 1.21. The highest BCUT2D eigenvalue weighted by Crippen LogP contribution is 2.06. The molecule has 0 aliphatic heterocycles. The van der Waals surface area contributed by atoms with Crippen LogP contribution in [0.2, 0.25) is 0 Å². The average molecular weight is 260 g/mol. The van der Waals surface area contributed by atoms with Gasteiger partial charge in [-0.2, -0.15) is 0 Å². The monoisotopic (exact) mass is 260 g/mol. The molecule has 0 aromatic carbocycles. The second kappa shape index (κ2) is 8.57. The summed E-state index contributed by atoms with van der Waals surface area (Å²) in [5, 5.41) is 6.06. The van der Waals surface area contributed by atoms with Crippen LogP contribution in [0.1, 0.15) is 13.3 Å². The van der Waals surface area contributed by atoms with Crippen molar-refractivity contribution in [1.29, 1.82) is 0 Å². The fourth-order valence-corrected chi connectivity index (χ4v) is 1.21. The Bertz CT molecular complexity index is 339. The molecule has 0 aliphatic rings. The molecule has 0 amide bonds. The molecule has 0 unspecified atom stereocenters.